The monoisotopic (exact) mass is 491 g/mol. The van der Waals surface area contributed by atoms with Crippen LogP contribution >= 0.6 is 35.1 Å². The standard InChI is InChI=1S/C21H15Cl2F4NO2S/c22-15-7-10(8-16(23)18(15)24)20(21(25,26)27)9-17(28-31-20)13-5-6-14(19(29)30)12-4-2-1-3-11(12)13/h5-8H,1-4,9H2,(H,29,30). The lowest BCUT2D eigenvalue weighted by atomic mass is 9.81. The van der Waals surface area contributed by atoms with Gasteiger partial charge in [0.15, 0.2) is 10.6 Å². The summed E-state index contributed by atoms with van der Waals surface area (Å²) in [6, 6.07) is 4.83. The Morgan fingerprint density at radius 3 is 2.29 bits per heavy atom. The van der Waals surface area contributed by atoms with Crippen molar-refractivity contribution in [3.63, 3.8) is 0 Å². The number of hydrogen-bond acceptors (Lipinski definition) is 3. The van der Waals surface area contributed by atoms with Crippen LogP contribution in [0, 0.1) is 5.82 Å². The van der Waals surface area contributed by atoms with Gasteiger partial charge in [-0.25, -0.2) is 13.6 Å². The fraction of sp³-hybridized carbons (Fsp3) is 0.333. The van der Waals surface area contributed by atoms with E-state index in [0.717, 1.165) is 30.5 Å². The second kappa shape index (κ2) is 7.98. The summed E-state index contributed by atoms with van der Waals surface area (Å²) in [4.78, 5) is 11.6. The van der Waals surface area contributed by atoms with E-state index in [2.05, 4.69) is 4.40 Å². The second-order valence-corrected chi connectivity index (χ2v) is 9.39. The van der Waals surface area contributed by atoms with E-state index in [9.17, 15) is 27.5 Å². The molecule has 1 atom stereocenters. The molecule has 1 heterocycles. The number of carbonyl (C=O) groups is 1. The number of carboxylic acids is 1. The van der Waals surface area contributed by atoms with Crippen LogP contribution in [0.2, 0.25) is 10.0 Å². The van der Waals surface area contributed by atoms with Crippen molar-refractivity contribution in [1.82, 2.24) is 0 Å². The van der Waals surface area contributed by atoms with Gasteiger partial charge in [0, 0.05) is 12.0 Å². The summed E-state index contributed by atoms with van der Waals surface area (Å²) >= 11 is 11.9. The minimum absolute atomic E-state index is 0.170. The van der Waals surface area contributed by atoms with Gasteiger partial charge in [0.2, 0.25) is 0 Å². The molecule has 10 heteroatoms. The van der Waals surface area contributed by atoms with Gasteiger partial charge >= 0.3 is 12.1 Å². The molecule has 0 radical (unpaired) electrons. The van der Waals surface area contributed by atoms with Crippen molar-refractivity contribution in [2.24, 2.45) is 4.40 Å². The third-order valence-electron chi connectivity index (χ3n) is 5.71. The van der Waals surface area contributed by atoms with Crippen LogP contribution in [0.25, 0.3) is 0 Å². The maximum absolute atomic E-state index is 14.3. The molecule has 1 aliphatic heterocycles. The third-order valence-corrected chi connectivity index (χ3v) is 7.50. The highest BCUT2D eigenvalue weighted by atomic mass is 35.5. The first-order chi connectivity index (χ1) is 14.5. The van der Waals surface area contributed by atoms with Crippen LogP contribution < -0.4 is 0 Å². The molecular weight excluding hydrogens is 477 g/mol. The largest absolute Gasteiger partial charge is 0.478 e. The summed E-state index contributed by atoms with van der Waals surface area (Å²) in [5, 5.41) is 8.48. The van der Waals surface area contributed by atoms with Crippen LogP contribution in [0.5, 0.6) is 0 Å². The van der Waals surface area contributed by atoms with Crippen molar-refractivity contribution in [1.29, 1.82) is 0 Å². The summed E-state index contributed by atoms with van der Waals surface area (Å²) in [6.07, 6.45) is -2.47. The number of aromatic carboxylic acids is 1. The van der Waals surface area contributed by atoms with Gasteiger partial charge in [-0.15, -0.1) is 0 Å². The van der Waals surface area contributed by atoms with Crippen LogP contribution in [0.4, 0.5) is 17.6 Å². The molecule has 3 nitrogen and oxygen atoms in total. The van der Waals surface area contributed by atoms with E-state index in [1.807, 2.05) is 0 Å². The van der Waals surface area contributed by atoms with E-state index in [-0.39, 0.29) is 16.8 Å². The summed E-state index contributed by atoms with van der Waals surface area (Å²) < 4.78 is 58.4. The maximum atomic E-state index is 14.3. The molecule has 0 aromatic heterocycles. The van der Waals surface area contributed by atoms with Crippen LogP contribution in [0.3, 0.4) is 0 Å². The zero-order valence-corrected chi connectivity index (χ0v) is 18.2. The summed E-state index contributed by atoms with van der Waals surface area (Å²) in [5.41, 5.74) is 2.02. The van der Waals surface area contributed by atoms with Crippen molar-refractivity contribution >= 4 is 46.8 Å². The number of rotatable bonds is 3. The number of nitrogens with zero attached hydrogens (tertiary/aromatic N) is 1. The van der Waals surface area contributed by atoms with E-state index in [4.69, 9.17) is 23.2 Å². The molecule has 1 N–H and O–H groups in total. The average Bonchev–Trinajstić information content (AvgIpc) is 3.17. The van der Waals surface area contributed by atoms with Crippen LogP contribution in [0.1, 0.15) is 51.9 Å². The van der Waals surface area contributed by atoms with Crippen molar-refractivity contribution < 1.29 is 27.5 Å². The number of hydrogen-bond donors (Lipinski definition) is 1. The van der Waals surface area contributed by atoms with Crippen molar-refractivity contribution in [2.45, 2.75) is 43.0 Å². The van der Waals surface area contributed by atoms with Gasteiger partial charge in [0.05, 0.1) is 21.3 Å². The lowest BCUT2D eigenvalue weighted by Gasteiger charge is -2.30. The SMILES string of the molecule is O=C(O)c1ccc(C2=NSC(c3cc(Cl)c(F)c(Cl)c3)(C(F)(F)F)C2)c2c1CCCC2. The molecule has 4 rings (SSSR count). The van der Waals surface area contributed by atoms with Crippen molar-refractivity contribution in [3.05, 3.63) is 67.9 Å². The lowest BCUT2D eigenvalue weighted by Crippen LogP contribution is -2.39. The Morgan fingerprint density at radius 2 is 1.71 bits per heavy atom. The van der Waals surface area contributed by atoms with Gasteiger partial charge < -0.3 is 5.11 Å². The van der Waals surface area contributed by atoms with E-state index in [1.54, 1.807) is 0 Å². The van der Waals surface area contributed by atoms with Gasteiger partial charge in [-0.2, -0.15) is 13.2 Å². The van der Waals surface area contributed by atoms with Crippen molar-refractivity contribution in [3.8, 4) is 0 Å². The number of benzene rings is 2. The average molecular weight is 492 g/mol. The first-order valence-corrected chi connectivity index (χ1v) is 10.9. The predicted molar refractivity (Wildman–Crippen MR) is 113 cm³/mol. The van der Waals surface area contributed by atoms with Crippen LogP contribution in [-0.4, -0.2) is 23.0 Å². The molecule has 31 heavy (non-hydrogen) atoms. The molecule has 1 unspecified atom stereocenters. The molecule has 0 amide bonds. The Hall–Kier alpha value is -1.77. The maximum Gasteiger partial charge on any atom is 0.409 e. The number of alkyl halides is 3. The molecule has 1 aliphatic carbocycles. The molecule has 0 spiro atoms. The summed E-state index contributed by atoms with van der Waals surface area (Å²) in [5.74, 6) is -2.04. The van der Waals surface area contributed by atoms with Crippen LogP contribution in [-0.2, 0) is 17.6 Å². The molecule has 0 saturated heterocycles. The Balaban J connectivity index is 1.80. The minimum atomic E-state index is -4.73. The normalized spacial score (nSPS) is 21.0. The zero-order valence-electron chi connectivity index (χ0n) is 15.8. The molecule has 2 aliphatic rings. The Morgan fingerprint density at radius 1 is 1.10 bits per heavy atom. The number of fused-ring (bicyclic) bond motifs is 1. The fourth-order valence-electron chi connectivity index (χ4n) is 4.18. The van der Waals surface area contributed by atoms with E-state index in [0.29, 0.717) is 35.9 Å². The topological polar surface area (TPSA) is 49.7 Å². The Kier molecular flexibility index (Phi) is 5.77. The zero-order chi connectivity index (χ0) is 22.6. The summed E-state index contributed by atoms with van der Waals surface area (Å²) in [7, 11) is 0. The minimum Gasteiger partial charge on any atom is -0.478 e. The first-order valence-electron chi connectivity index (χ1n) is 9.40. The smallest absolute Gasteiger partial charge is 0.409 e. The molecule has 0 saturated carbocycles. The number of halogens is 6. The predicted octanol–water partition coefficient (Wildman–Crippen LogP) is 7.01. The quantitative estimate of drug-likeness (QED) is 0.285. The molecular formula is C21H15Cl2F4NO2S. The summed E-state index contributed by atoms with van der Waals surface area (Å²) in [6.45, 7) is 0. The highest BCUT2D eigenvalue weighted by molar-refractivity contribution is 7.99. The molecule has 2 aromatic carbocycles. The van der Waals surface area contributed by atoms with Gasteiger partial charge in [0.1, 0.15) is 0 Å². The van der Waals surface area contributed by atoms with Gasteiger partial charge in [0.25, 0.3) is 0 Å². The Bertz CT molecular complexity index is 1100. The van der Waals surface area contributed by atoms with Crippen molar-refractivity contribution in [2.75, 3.05) is 0 Å². The number of carboxylic acid groups (broad SMARTS) is 1. The first kappa shape index (κ1) is 22.4. The van der Waals surface area contributed by atoms with Gasteiger partial charge in [-0.05, 0) is 72.5 Å². The van der Waals surface area contributed by atoms with Gasteiger partial charge in [-0.3, -0.25) is 0 Å². The van der Waals surface area contributed by atoms with E-state index in [1.165, 1.54) is 12.1 Å². The van der Waals surface area contributed by atoms with Crippen LogP contribution in [0.15, 0.2) is 28.7 Å². The molecule has 0 bridgehead atoms. The molecule has 0 fully saturated rings. The van der Waals surface area contributed by atoms with E-state index >= 15 is 0 Å². The fourth-order valence-corrected chi connectivity index (χ4v) is 5.62. The second-order valence-electron chi connectivity index (χ2n) is 7.51. The molecule has 164 valence electrons. The highest BCUT2D eigenvalue weighted by Gasteiger charge is 2.60. The van der Waals surface area contributed by atoms with Gasteiger partial charge in [-0.1, -0.05) is 29.3 Å². The third kappa shape index (κ3) is 3.72. The Labute approximate surface area is 189 Å². The van der Waals surface area contributed by atoms with E-state index < -0.39 is 39.2 Å². The highest BCUT2D eigenvalue weighted by Crippen LogP contribution is 2.57. The lowest BCUT2D eigenvalue weighted by molar-refractivity contribution is -0.159. The molecule has 2 aromatic rings.